The second kappa shape index (κ2) is 7.33. The molecular formula is C10H18F6N2O4S2. The van der Waals surface area contributed by atoms with Gasteiger partial charge in [-0.25, -0.2) is 16.8 Å². The third-order valence-electron chi connectivity index (χ3n) is 3.62. The maximum Gasteiger partial charge on any atom is 0.480 e. The third-order valence-corrected chi connectivity index (χ3v) is 6.36. The first-order valence-corrected chi connectivity index (χ1v) is 9.45. The molecule has 0 atom stereocenters. The zero-order valence-corrected chi connectivity index (χ0v) is 14.7. The van der Waals surface area contributed by atoms with Crippen LogP contribution in [0.4, 0.5) is 26.3 Å². The van der Waals surface area contributed by atoms with Gasteiger partial charge in [0.05, 0.1) is 26.2 Å². The Morgan fingerprint density at radius 2 is 1.12 bits per heavy atom. The van der Waals surface area contributed by atoms with Crippen molar-refractivity contribution < 1.29 is 47.7 Å². The second-order valence-electron chi connectivity index (χ2n) is 5.64. The number of likely N-dealkylation sites (tertiary alicyclic amines) is 1. The molecule has 1 saturated heterocycles. The minimum Gasteiger partial charge on any atom is -0.421 e. The number of alkyl halides is 6. The zero-order valence-electron chi connectivity index (χ0n) is 13.0. The highest BCUT2D eigenvalue weighted by molar-refractivity contribution is 8.13. The predicted octanol–water partition coefficient (Wildman–Crippen LogP) is 2.69. The van der Waals surface area contributed by atoms with Crippen molar-refractivity contribution in [3.8, 4) is 0 Å². The summed E-state index contributed by atoms with van der Waals surface area (Å²) >= 11 is 0. The van der Waals surface area contributed by atoms with E-state index in [1.54, 1.807) is 0 Å². The first kappa shape index (κ1) is 23.4. The highest BCUT2D eigenvalue weighted by Gasteiger charge is 2.46. The van der Waals surface area contributed by atoms with Gasteiger partial charge in [-0.05, 0) is 13.8 Å². The molecule has 0 N–H and O–H groups in total. The lowest BCUT2D eigenvalue weighted by Gasteiger charge is -2.33. The van der Waals surface area contributed by atoms with Crippen molar-refractivity contribution in [3.05, 3.63) is 4.13 Å². The highest BCUT2D eigenvalue weighted by atomic mass is 32.3. The molecule has 0 bridgehead atoms. The predicted molar refractivity (Wildman–Crippen MR) is 73.6 cm³/mol. The monoisotopic (exact) mass is 408 g/mol. The van der Waals surface area contributed by atoms with Crippen LogP contribution in [0, 0.1) is 0 Å². The minimum absolute atomic E-state index is 0.778. The molecule has 0 aliphatic carbocycles. The van der Waals surface area contributed by atoms with Crippen LogP contribution in [0.3, 0.4) is 0 Å². The van der Waals surface area contributed by atoms with Gasteiger partial charge in [-0.1, -0.05) is 0 Å². The Balaban J connectivity index is 0.000000496. The van der Waals surface area contributed by atoms with Crippen LogP contribution in [-0.2, 0) is 20.0 Å². The SMILES string of the molecule is CC(C)[N+]1(C)CCCC1.O=S(=O)([N-]S(=O)(=O)C(F)(F)F)C(F)(F)F. The minimum atomic E-state index is -6.72. The molecule has 1 aliphatic rings. The van der Waals surface area contributed by atoms with E-state index < -0.39 is 31.1 Å². The Morgan fingerprint density at radius 1 is 0.833 bits per heavy atom. The summed E-state index contributed by atoms with van der Waals surface area (Å²) in [5.41, 5.74) is -12.4. The van der Waals surface area contributed by atoms with Crippen molar-refractivity contribution in [2.24, 2.45) is 0 Å². The van der Waals surface area contributed by atoms with Gasteiger partial charge in [-0.15, -0.1) is 0 Å². The van der Waals surface area contributed by atoms with Crippen molar-refractivity contribution >= 4 is 20.0 Å². The van der Waals surface area contributed by atoms with Crippen LogP contribution in [0.5, 0.6) is 0 Å². The fourth-order valence-electron chi connectivity index (χ4n) is 1.79. The fourth-order valence-corrected chi connectivity index (χ4v) is 3.50. The van der Waals surface area contributed by atoms with Crippen molar-refractivity contribution in [1.29, 1.82) is 0 Å². The van der Waals surface area contributed by atoms with Gasteiger partial charge >= 0.3 is 11.0 Å². The smallest absolute Gasteiger partial charge is 0.421 e. The molecule has 0 aromatic heterocycles. The largest absolute Gasteiger partial charge is 0.480 e. The average molecular weight is 408 g/mol. The Kier molecular flexibility index (Phi) is 7.15. The van der Waals surface area contributed by atoms with Gasteiger partial charge in [0.1, 0.15) is 0 Å². The van der Waals surface area contributed by atoms with Gasteiger partial charge in [0.2, 0.25) is 0 Å². The Hall–Kier alpha value is -0.600. The zero-order chi connectivity index (χ0) is 19.6. The van der Waals surface area contributed by atoms with Gasteiger partial charge in [-0.2, -0.15) is 26.3 Å². The first-order valence-electron chi connectivity index (χ1n) is 6.57. The maximum atomic E-state index is 11.4. The molecule has 24 heavy (non-hydrogen) atoms. The van der Waals surface area contributed by atoms with Crippen LogP contribution in [0.2, 0.25) is 0 Å². The fraction of sp³-hybridized carbons (Fsp3) is 1.00. The molecular weight excluding hydrogens is 390 g/mol. The number of rotatable bonds is 3. The molecule has 0 saturated carbocycles. The van der Waals surface area contributed by atoms with Gasteiger partial charge < -0.3 is 8.61 Å². The molecule has 0 spiro atoms. The summed E-state index contributed by atoms with van der Waals surface area (Å²) in [7, 11) is -11.1. The standard InChI is InChI=1S/C8H18N.C2F6NO4S2/c1-8(2)9(3)6-4-5-7-9;3-1(4,5)14(10,11)9-15(12,13)2(6,7)8/h8H,4-7H2,1-3H3;/q+1;-1. The lowest BCUT2D eigenvalue weighted by atomic mass is 10.3. The summed E-state index contributed by atoms with van der Waals surface area (Å²) < 4.78 is 110. The highest BCUT2D eigenvalue weighted by Crippen LogP contribution is 2.36. The number of hydrogen-bond donors (Lipinski definition) is 0. The first-order chi connectivity index (χ1) is 10.4. The average Bonchev–Trinajstić information content (AvgIpc) is 2.74. The third kappa shape index (κ3) is 6.04. The molecule has 146 valence electrons. The van der Waals surface area contributed by atoms with Crippen molar-refractivity contribution in [1.82, 2.24) is 0 Å². The molecule has 0 aromatic rings. The van der Waals surface area contributed by atoms with E-state index in [0.29, 0.717) is 0 Å². The summed E-state index contributed by atoms with van der Waals surface area (Å²) in [6, 6.07) is 0.826. The maximum absolute atomic E-state index is 11.4. The van der Waals surface area contributed by atoms with E-state index in [1.807, 2.05) is 0 Å². The molecule has 1 heterocycles. The van der Waals surface area contributed by atoms with E-state index in [2.05, 4.69) is 20.9 Å². The summed E-state index contributed by atoms with van der Waals surface area (Å²) in [4.78, 5) is 0. The second-order valence-corrected chi connectivity index (χ2v) is 9.07. The molecule has 0 aromatic carbocycles. The summed E-state index contributed by atoms with van der Waals surface area (Å²) in [5.74, 6) is 0. The molecule has 0 amide bonds. The van der Waals surface area contributed by atoms with Crippen LogP contribution in [-0.4, -0.2) is 58.5 Å². The number of nitrogens with zero attached hydrogens (tertiary/aromatic N) is 2. The quantitative estimate of drug-likeness (QED) is 0.531. The van der Waals surface area contributed by atoms with Crippen LogP contribution in [0.15, 0.2) is 0 Å². The van der Waals surface area contributed by atoms with E-state index in [0.717, 1.165) is 10.2 Å². The molecule has 14 heteroatoms. The Labute approximate surface area is 136 Å². The number of sulfonamides is 2. The van der Waals surface area contributed by atoms with E-state index >= 15 is 0 Å². The van der Waals surface area contributed by atoms with Crippen LogP contribution >= 0.6 is 0 Å². The molecule has 0 radical (unpaired) electrons. The number of quaternary nitrogens is 1. The Bertz CT molecular complexity index is 577. The lowest BCUT2D eigenvalue weighted by Crippen LogP contribution is -2.46. The Morgan fingerprint density at radius 3 is 1.29 bits per heavy atom. The topological polar surface area (TPSA) is 82.4 Å². The number of halogens is 6. The number of hydrogen-bond acceptors (Lipinski definition) is 4. The van der Waals surface area contributed by atoms with Gasteiger partial charge in [0, 0.05) is 12.8 Å². The van der Waals surface area contributed by atoms with Gasteiger partial charge in [0.25, 0.3) is 0 Å². The van der Waals surface area contributed by atoms with Crippen LogP contribution in [0.1, 0.15) is 26.7 Å². The lowest BCUT2D eigenvalue weighted by molar-refractivity contribution is -0.918. The van der Waals surface area contributed by atoms with Crippen LogP contribution < -0.4 is 0 Å². The molecule has 0 unspecified atom stereocenters. The summed E-state index contributed by atoms with van der Waals surface area (Å²) in [6.45, 7) is 7.45. The molecule has 6 nitrogen and oxygen atoms in total. The van der Waals surface area contributed by atoms with E-state index in [9.17, 15) is 43.2 Å². The van der Waals surface area contributed by atoms with E-state index in [-0.39, 0.29) is 0 Å². The molecule has 1 rings (SSSR count). The van der Waals surface area contributed by atoms with Gasteiger partial charge in [-0.3, -0.25) is 0 Å². The molecule has 1 aliphatic heterocycles. The van der Waals surface area contributed by atoms with Crippen molar-refractivity contribution in [2.45, 2.75) is 43.7 Å². The van der Waals surface area contributed by atoms with Crippen LogP contribution in [0.25, 0.3) is 4.13 Å². The van der Waals surface area contributed by atoms with Crippen molar-refractivity contribution in [2.75, 3.05) is 20.1 Å². The molecule has 1 fully saturated rings. The normalized spacial score (nSPS) is 19.1. The van der Waals surface area contributed by atoms with E-state index in [1.165, 1.54) is 30.4 Å². The van der Waals surface area contributed by atoms with Crippen molar-refractivity contribution in [3.63, 3.8) is 0 Å². The summed E-state index contributed by atoms with van der Waals surface area (Å²) in [6.07, 6.45) is 2.88. The van der Waals surface area contributed by atoms with Gasteiger partial charge in [0.15, 0.2) is 20.0 Å². The summed E-state index contributed by atoms with van der Waals surface area (Å²) in [5, 5.41) is 0. The van der Waals surface area contributed by atoms with E-state index in [4.69, 9.17) is 0 Å².